The zero-order valence-corrected chi connectivity index (χ0v) is 8.53. The van der Waals surface area contributed by atoms with Crippen LogP contribution in [0.3, 0.4) is 0 Å². The summed E-state index contributed by atoms with van der Waals surface area (Å²) >= 11 is 0. The summed E-state index contributed by atoms with van der Waals surface area (Å²) in [5.41, 5.74) is 7.84. The fraction of sp³-hybridized carbons (Fsp3) is 0.500. The molecule has 1 aliphatic carbocycles. The average Bonchev–Trinajstić information content (AvgIpc) is 2.97. The molecule has 2 nitrogen and oxygen atoms in total. The molecule has 1 unspecified atom stereocenters. The van der Waals surface area contributed by atoms with Crippen LogP contribution in [0, 0.1) is 0 Å². The number of rotatable bonds is 3. The molecule has 0 bridgehead atoms. The molecule has 0 saturated heterocycles. The zero-order valence-electron chi connectivity index (χ0n) is 8.53. The first-order valence-corrected chi connectivity index (χ1v) is 5.21. The Morgan fingerprint density at radius 3 is 2.36 bits per heavy atom. The number of aryl methyl sites for hydroxylation is 1. The van der Waals surface area contributed by atoms with Crippen molar-refractivity contribution in [3.8, 4) is 0 Å². The van der Waals surface area contributed by atoms with E-state index in [0.29, 0.717) is 0 Å². The highest BCUT2D eigenvalue weighted by molar-refractivity contribution is 5.28. The number of hydrogen-bond donors (Lipinski definition) is 2. The van der Waals surface area contributed by atoms with Crippen LogP contribution in [-0.4, -0.2) is 10.6 Å². The Bertz CT molecular complexity index is 314. The van der Waals surface area contributed by atoms with Gasteiger partial charge in [-0.15, -0.1) is 0 Å². The van der Waals surface area contributed by atoms with Gasteiger partial charge in [0.15, 0.2) is 0 Å². The maximum Gasteiger partial charge on any atom is 0.0969 e. The van der Waals surface area contributed by atoms with Crippen LogP contribution in [-0.2, 0) is 6.42 Å². The van der Waals surface area contributed by atoms with Gasteiger partial charge in [0.25, 0.3) is 0 Å². The minimum Gasteiger partial charge on any atom is -0.386 e. The standard InChI is InChI=1S/C12H17NO/c1-2-9-3-5-10(6-4-9)11(14)12(13)7-8-12/h3-6,11,14H,2,7-8,13H2,1H3. The molecule has 3 N–H and O–H groups in total. The number of benzene rings is 1. The van der Waals surface area contributed by atoms with Crippen LogP contribution in [0.4, 0.5) is 0 Å². The second-order valence-electron chi connectivity index (χ2n) is 4.23. The largest absolute Gasteiger partial charge is 0.386 e. The Hall–Kier alpha value is -0.860. The van der Waals surface area contributed by atoms with Crippen molar-refractivity contribution in [2.75, 3.05) is 0 Å². The third kappa shape index (κ3) is 1.68. The van der Waals surface area contributed by atoms with Crippen molar-refractivity contribution in [1.82, 2.24) is 0 Å². The van der Waals surface area contributed by atoms with Crippen molar-refractivity contribution in [1.29, 1.82) is 0 Å². The summed E-state index contributed by atoms with van der Waals surface area (Å²) in [4.78, 5) is 0. The third-order valence-electron chi connectivity index (χ3n) is 3.08. The van der Waals surface area contributed by atoms with Gasteiger partial charge in [-0.1, -0.05) is 31.2 Å². The van der Waals surface area contributed by atoms with Gasteiger partial charge in [0.05, 0.1) is 6.10 Å². The lowest BCUT2D eigenvalue weighted by Crippen LogP contribution is -2.30. The molecule has 0 aromatic heterocycles. The van der Waals surface area contributed by atoms with E-state index >= 15 is 0 Å². The highest BCUT2D eigenvalue weighted by Gasteiger charge is 2.45. The summed E-state index contributed by atoms with van der Waals surface area (Å²) < 4.78 is 0. The van der Waals surface area contributed by atoms with Crippen molar-refractivity contribution in [2.45, 2.75) is 37.8 Å². The fourth-order valence-corrected chi connectivity index (χ4v) is 1.69. The van der Waals surface area contributed by atoms with Crippen molar-refractivity contribution in [3.05, 3.63) is 35.4 Å². The van der Waals surface area contributed by atoms with Crippen molar-refractivity contribution in [2.24, 2.45) is 5.73 Å². The lowest BCUT2D eigenvalue weighted by Gasteiger charge is -2.17. The Balaban J connectivity index is 2.16. The normalized spacial score (nSPS) is 20.5. The maximum absolute atomic E-state index is 9.96. The second-order valence-corrected chi connectivity index (χ2v) is 4.23. The molecule has 1 aromatic carbocycles. The second kappa shape index (κ2) is 3.37. The van der Waals surface area contributed by atoms with Gasteiger partial charge in [0, 0.05) is 5.54 Å². The van der Waals surface area contributed by atoms with Crippen LogP contribution in [0.1, 0.15) is 37.0 Å². The van der Waals surface area contributed by atoms with Crippen LogP contribution in [0.2, 0.25) is 0 Å². The number of aliphatic hydroxyl groups excluding tert-OH is 1. The molecule has 1 saturated carbocycles. The number of aliphatic hydroxyl groups is 1. The molecular formula is C12H17NO. The molecule has 1 atom stereocenters. The summed E-state index contributed by atoms with van der Waals surface area (Å²) in [5, 5.41) is 9.96. The van der Waals surface area contributed by atoms with Crippen LogP contribution in [0.15, 0.2) is 24.3 Å². The van der Waals surface area contributed by atoms with E-state index in [1.165, 1.54) is 5.56 Å². The predicted molar refractivity (Wildman–Crippen MR) is 56.9 cm³/mol. The SMILES string of the molecule is CCc1ccc(C(O)C2(N)CC2)cc1. The minimum atomic E-state index is -0.492. The van der Waals surface area contributed by atoms with Crippen LogP contribution < -0.4 is 5.73 Å². The molecule has 0 spiro atoms. The van der Waals surface area contributed by atoms with Gasteiger partial charge >= 0.3 is 0 Å². The Labute approximate surface area is 84.7 Å². The van der Waals surface area contributed by atoms with Gasteiger partial charge in [0.2, 0.25) is 0 Å². The summed E-state index contributed by atoms with van der Waals surface area (Å²) in [6.45, 7) is 2.12. The minimum absolute atomic E-state index is 0.340. The molecule has 2 heteroatoms. The molecule has 14 heavy (non-hydrogen) atoms. The molecular weight excluding hydrogens is 174 g/mol. The highest BCUT2D eigenvalue weighted by atomic mass is 16.3. The smallest absolute Gasteiger partial charge is 0.0969 e. The van der Waals surface area contributed by atoms with Crippen LogP contribution >= 0.6 is 0 Å². The fourth-order valence-electron chi connectivity index (χ4n) is 1.69. The average molecular weight is 191 g/mol. The molecule has 0 radical (unpaired) electrons. The lowest BCUT2D eigenvalue weighted by atomic mass is 9.99. The summed E-state index contributed by atoms with van der Waals surface area (Å²) in [6.07, 6.45) is 2.41. The quantitative estimate of drug-likeness (QED) is 0.765. The molecule has 2 rings (SSSR count). The van der Waals surface area contributed by atoms with E-state index in [1.54, 1.807) is 0 Å². The van der Waals surface area contributed by atoms with E-state index in [9.17, 15) is 5.11 Å². The molecule has 76 valence electrons. The first-order valence-electron chi connectivity index (χ1n) is 5.21. The molecule has 0 aliphatic heterocycles. The third-order valence-corrected chi connectivity index (χ3v) is 3.08. The zero-order chi connectivity index (χ0) is 10.2. The molecule has 0 amide bonds. The molecule has 0 heterocycles. The Morgan fingerprint density at radius 2 is 1.93 bits per heavy atom. The van der Waals surface area contributed by atoms with E-state index in [0.717, 1.165) is 24.8 Å². The highest BCUT2D eigenvalue weighted by Crippen LogP contribution is 2.43. The predicted octanol–water partition coefficient (Wildman–Crippen LogP) is 1.77. The van der Waals surface area contributed by atoms with Gasteiger partial charge in [-0.3, -0.25) is 0 Å². The van der Waals surface area contributed by atoms with Crippen molar-refractivity contribution >= 4 is 0 Å². The van der Waals surface area contributed by atoms with E-state index in [4.69, 9.17) is 5.73 Å². The van der Waals surface area contributed by atoms with Crippen molar-refractivity contribution < 1.29 is 5.11 Å². The summed E-state index contributed by atoms with van der Waals surface area (Å²) in [7, 11) is 0. The van der Waals surface area contributed by atoms with E-state index < -0.39 is 6.10 Å². The van der Waals surface area contributed by atoms with Gasteiger partial charge in [-0.2, -0.15) is 0 Å². The van der Waals surface area contributed by atoms with Gasteiger partial charge in [0.1, 0.15) is 0 Å². The maximum atomic E-state index is 9.96. The van der Waals surface area contributed by atoms with E-state index in [1.807, 2.05) is 12.1 Å². The van der Waals surface area contributed by atoms with Gasteiger partial charge in [-0.05, 0) is 30.4 Å². The molecule has 1 fully saturated rings. The van der Waals surface area contributed by atoms with Gasteiger partial charge in [-0.25, -0.2) is 0 Å². The molecule has 1 aliphatic rings. The van der Waals surface area contributed by atoms with Crippen molar-refractivity contribution in [3.63, 3.8) is 0 Å². The first-order chi connectivity index (χ1) is 6.65. The topological polar surface area (TPSA) is 46.2 Å². The van der Waals surface area contributed by atoms with Crippen LogP contribution in [0.5, 0.6) is 0 Å². The van der Waals surface area contributed by atoms with Gasteiger partial charge < -0.3 is 10.8 Å². The lowest BCUT2D eigenvalue weighted by molar-refractivity contribution is 0.136. The number of nitrogens with two attached hydrogens (primary N) is 1. The van der Waals surface area contributed by atoms with E-state index in [2.05, 4.69) is 19.1 Å². The van der Waals surface area contributed by atoms with Crippen LogP contribution in [0.25, 0.3) is 0 Å². The summed E-state index contributed by atoms with van der Waals surface area (Å²) in [5.74, 6) is 0. The Kier molecular flexibility index (Phi) is 2.33. The Morgan fingerprint density at radius 1 is 1.36 bits per heavy atom. The summed E-state index contributed by atoms with van der Waals surface area (Å²) in [6, 6.07) is 8.08. The first kappa shape index (κ1) is 9.69. The molecule has 1 aromatic rings. The van der Waals surface area contributed by atoms with E-state index in [-0.39, 0.29) is 5.54 Å². The monoisotopic (exact) mass is 191 g/mol. The number of hydrogen-bond acceptors (Lipinski definition) is 2.